The monoisotopic (exact) mass is 202 g/mol. The minimum absolute atomic E-state index is 0.0578. The van der Waals surface area contributed by atoms with Crippen LogP contribution in [0.3, 0.4) is 0 Å². The van der Waals surface area contributed by atoms with E-state index in [9.17, 15) is 4.79 Å². The van der Waals surface area contributed by atoms with Crippen molar-refractivity contribution in [2.45, 2.75) is 25.0 Å². The molecule has 15 heavy (non-hydrogen) atoms. The number of carbonyl (C=O) groups excluding carboxylic acids is 1. The van der Waals surface area contributed by atoms with Crippen molar-refractivity contribution < 1.29 is 4.79 Å². The Morgan fingerprint density at radius 2 is 2.20 bits per heavy atom. The lowest BCUT2D eigenvalue weighted by atomic mass is 10.0. The van der Waals surface area contributed by atoms with Crippen LogP contribution in [0.25, 0.3) is 0 Å². The van der Waals surface area contributed by atoms with Crippen LogP contribution in [0, 0.1) is 0 Å². The maximum Gasteiger partial charge on any atom is 0.237 e. The number of hydrogen-bond donors (Lipinski definition) is 1. The van der Waals surface area contributed by atoms with Gasteiger partial charge in [-0.1, -0.05) is 24.3 Å². The molecule has 3 nitrogen and oxygen atoms in total. The minimum atomic E-state index is 0.0578. The Bertz CT molecular complexity index is 416. The average Bonchev–Trinajstić information content (AvgIpc) is 2.54. The van der Waals surface area contributed by atoms with Crippen LogP contribution in [0.15, 0.2) is 24.3 Å². The number of amides is 1. The van der Waals surface area contributed by atoms with Crippen molar-refractivity contribution in [1.82, 2.24) is 10.2 Å². The van der Waals surface area contributed by atoms with E-state index in [1.54, 1.807) is 0 Å². The van der Waals surface area contributed by atoms with Crippen molar-refractivity contribution in [3.05, 3.63) is 35.4 Å². The molecule has 0 unspecified atom stereocenters. The van der Waals surface area contributed by atoms with Gasteiger partial charge in [0.15, 0.2) is 0 Å². The molecule has 2 atom stereocenters. The highest BCUT2D eigenvalue weighted by molar-refractivity contribution is 5.85. The Hall–Kier alpha value is -1.35. The van der Waals surface area contributed by atoms with Gasteiger partial charge in [0.25, 0.3) is 0 Å². The van der Waals surface area contributed by atoms with Crippen LogP contribution in [0.5, 0.6) is 0 Å². The van der Waals surface area contributed by atoms with Crippen LogP contribution in [0.2, 0.25) is 0 Å². The van der Waals surface area contributed by atoms with E-state index in [0.717, 1.165) is 13.0 Å². The highest BCUT2D eigenvalue weighted by atomic mass is 16.2. The zero-order valence-corrected chi connectivity index (χ0v) is 8.73. The maximum atomic E-state index is 11.7. The van der Waals surface area contributed by atoms with Gasteiger partial charge in [0.2, 0.25) is 5.91 Å². The van der Waals surface area contributed by atoms with E-state index in [4.69, 9.17) is 0 Å². The van der Waals surface area contributed by atoms with Crippen LogP contribution in [-0.2, 0) is 11.3 Å². The van der Waals surface area contributed by atoms with Crippen molar-refractivity contribution in [1.29, 1.82) is 0 Å². The SMILES string of the molecule is CN1Cc2ccccc2[C@@H]2C[C@H]1C(=O)N2. The molecule has 3 rings (SSSR count). The number of rotatable bonds is 0. The summed E-state index contributed by atoms with van der Waals surface area (Å²) in [7, 11) is 2.02. The zero-order valence-electron chi connectivity index (χ0n) is 8.73. The lowest BCUT2D eigenvalue weighted by molar-refractivity contribution is -0.123. The summed E-state index contributed by atoms with van der Waals surface area (Å²) in [4.78, 5) is 13.8. The molecule has 1 aromatic rings. The second-order valence-electron chi connectivity index (χ2n) is 4.43. The normalized spacial score (nSPS) is 29.5. The molecule has 2 aliphatic rings. The number of nitrogens with zero attached hydrogens (tertiary/aromatic N) is 1. The van der Waals surface area contributed by atoms with Gasteiger partial charge in [0.05, 0.1) is 12.1 Å². The van der Waals surface area contributed by atoms with E-state index < -0.39 is 0 Å². The van der Waals surface area contributed by atoms with Crippen molar-refractivity contribution >= 4 is 5.91 Å². The molecule has 2 heterocycles. The van der Waals surface area contributed by atoms with Gasteiger partial charge in [0.1, 0.15) is 0 Å². The highest BCUT2D eigenvalue weighted by Gasteiger charge is 2.38. The summed E-state index contributed by atoms with van der Waals surface area (Å²) in [5.41, 5.74) is 2.63. The lowest BCUT2D eigenvalue weighted by Gasteiger charge is -2.22. The number of benzene rings is 1. The lowest BCUT2D eigenvalue weighted by Crippen LogP contribution is -2.38. The molecule has 0 saturated carbocycles. The molecule has 2 aliphatic heterocycles. The second-order valence-corrected chi connectivity index (χ2v) is 4.43. The summed E-state index contributed by atoms with van der Waals surface area (Å²) in [6.07, 6.45) is 0.909. The topological polar surface area (TPSA) is 32.3 Å². The number of carbonyl (C=O) groups is 1. The fraction of sp³-hybridized carbons (Fsp3) is 0.417. The van der Waals surface area contributed by atoms with Crippen LogP contribution >= 0.6 is 0 Å². The third-order valence-electron chi connectivity index (χ3n) is 3.46. The highest BCUT2D eigenvalue weighted by Crippen LogP contribution is 2.33. The molecule has 0 radical (unpaired) electrons. The Labute approximate surface area is 89.1 Å². The molecule has 1 aromatic carbocycles. The Morgan fingerprint density at radius 3 is 3.07 bits per heavy atom. The van der Waals surface area contributed by atoms with Crippen molar-refractivity contribution in [3.8, 4) is 0 Å². The quantitative estimate of drug-likeness (QED) is 0.682. The predicted molar refractivity (Wildman–Crippen MR) is 57.2 cm³/mol. The van der Waals surface area contributed by atoms with Gasteiger partial charge in [0, 0.05) is 6.54 Å². The molecule has 0 spiro atoms. The minimum Gasteiger partial charge on any atom is -0.348 e. The number of nitrogens with one attached hydrogen (secondary N) is 1. The molecular formula is C12H14N2O. The summed E-state index contributed by atoms with van der Waals surface area (Å²) >= 11 is 0. The van der Waals surface area contributed by atoms with Gasteiger partial charge in [-0.15, -0.1) is 0 Å². The summed E-state index contributed by atoms with van der Waals surface area (Å²) < 4.78 is 0. The smallest absolute Gasteiger partial charge is 0.237 e. The van der Waals surface area contributed by atoms with Gasteiger partial charge in [-0.25, -0.2) is 0 Å². The summed E-state index contributed by atoms with van der Waals surface area (Å²) in [5, 5.41) is 3.06. The van der Waals surface area contributed by atoms with Gasteiger partial charge < -0.3 is 5.32 Å². The van der Waals surface area contributed by atoms with E-state index in [2.05, 4.69) is 28.4 Å². The van der Waals surface area contributed by atoms with Gasteiger partial charge in [-0.05, 0) is 24.6 Å². The third-order valence-corrected chi connectivity index (χ3v) is 3.46. The van der Waals surface area contributed by atoms with Crippen LogP contribution in [0.1, 0.15) is 23.6 Å². The number of fused-ring (bicyclic) bond motifs is 4. The Balaban J connectivity index is 2.10. The zero-order chi connectivity index (χ0) is 10.4. The third kappa shape index (κ3) is 1.27. The summed E-state index contributed by atoms with van der Waals surface area (Å²) in [5.74, 6) is 0.178. The number of hydrogen-bond acceptors (Lipinski definition) is 2. The molecule has 3 heteroatoms. The summed E-state index contributed by atoms with van der Waals surface area (Å²) in [6.45, 7) is 0.880. The first-order valence-corrected chi connectivity index (χ1v) is 5.34. The van der Waals surface area contributed by atoms with Crippen molar-refractivity contribution in [2.75, 3.05) is 7.05 Å². The Kier molecular flexibility index (Phi) is 1.83. The molecule has 1 N–H and O–H groups in total. The fourth-order valence-electron chi connectivity index (χ4n) is 2.64. The first-order valence-electron chi connectivity index (χ1n) is 5.34. The molecule has 1 fully saturated rings. The maximum absolute atomic E-state index is 11.7. The largest absolute Gasteiger partial charge is 0.348 e. The average molecular weight is 202 g/mol. The van der Waals surface area contributed by atoms with E-state index in [1.165, 1.54) is 11.1 Å². The van der Waals surface area contributed by atoms with E-state index in [-0.39, 0.29) is 18.0 Å². The van der Waals surface area contributed by atoms with Gasteiger partial charge >= 0.3 is 0 Å². The standard InChI is InChI=1S/C12H14N2O/c1-14-7-8-4-2-3-5-9(8)10-6-11(14)12(15)13-10/h2-5,10-11H,6-7H2,1H3,(H,13,15)/t10-,11-/m0/s1. The van der Waals surface area contributed by atoms with E-state index in [0.29, 0.717) is 0 Å². The Morgan fingerprint density at radius 1 is 1.40 bits per heavy atom. The first kappa shape index (κ1) is 8.92. The second kappa shape index (κ2) is 3.07. The van der Waals surface area contributed by atoms with Crippen molar-refractivity contribution in [3.63, 3.8) is 0 Å². The summed E-state index contributed by atoms with van der Waals surface area (Å²) in [6, 6.07) is 8.67. The van der Waals surface area contributed by atoms with Crippen LogP contribution in [0.4, 0.5) is 0 Å². The predicted octanol–water partition coefficient (Wildman–Crippen LogP) is 1.06. The molecular weight excluding hydrogens is 188 g/mol. The van der Waals surface area contributed by atoms with Gasteiger partial charge in [-0.3, -0.25) is 9.69 Å². The molecule has 1 amide bonds. The molecule has 78 valence electrons. The molecule has 1 saturated heterocycles. The van der Waals surface area contributed by atoms with Crippen LogP contribution in [-0.4, -0.2) is 23.9 Å². The van der Waals surface area contributed by atoms with Gasteiger partial charge in [-0.2, -0.15) is 0 Å². The molecule has 0 aliphatic carbocycles. The van der Waals surface area contributed by atoms with E-state index in [1.807, 2.05) is 13.1 Å². The van der Waals surface area contributed by atoms with Crippen LogP contribution < -0.4 is 5.32 Å². The first-order chi connectivity index (χ1) is 7.25. The number of likely N-dealkylation sites (N-methyl/N-ethyl adjacent to an activating group) is 1. The fourth-order valence-corrected chi connectivity index (χ4v) is 2.64. The molecule has 2 bridgehead atoms. The van der Waals surface area contributed by atoms with Crippen molar-refractivity contribution in [2.24, 2.45) is 0 Å². The van der Waals surface area contributed by atoms with E-state index >= 15 is 0 Å². The molecule has 0 aromatic heterocycles.